The van der Waals surface area contributed by atoms with E-state index >= 15 is 0 Å². The van der Waals surface area contributed by atoms with Crippen molar-refractivity contribution in [3.8, 4) is 0 Å². The molecule has 0 saturated carbocycles. The first-order chi connectivity index (χ1) is 16.7. The van der Waals surface area contributed by atoms with Crippen molar-refractivity contribution >= 4 is 17.4 Å². The molecule has 0 radical (unpaired) electrons. The van der Waals surface area contributed by atoms with Crippen LogP contribution in [-0.2, 0) is 17.4 Å². The molecule has 4 nitrogen and oxygen atoms in total. The number of carbonyl (C=O) groups excluding carboxylic acids is 1. The maximum absolute atomic E-state index is 13.3. The predicted octanol–water partition coefficient (Wildman–Crippen LogP) is 6.88. The fraction of sp³-hybridized carbons (Fsp3) is 0.387. The van der Waals surface area contributed by atoms with Gasteiger partial charge in [0.25, 0.3) is 0 Å². The Morgan fingerprint density at radius 3 is 2.29 bits per heavy atom. The molecule has 1 saturated heterocycles. The van der Waals surface area contributed by atoms with Crippen LogP contribution in [0.5, 0.6) is 0 Å². The van der Waals surface area contributed by atoms with Crippen LogP contribution in [0.25, 0.3) is 0 Å². The number of anilines is 2. The second kappa shape index (κ2) is 9.16. The molecule has 2 amide bonds. The molecule has 4 heteroatoms. The van der Waals surface area contributed by atoms with Gasteiger partial charge in [-0.05, 0) is 73.2 Å². The summed E-state index contributed by atoms with van der Waals surface area (Å²) in [6.07, 6.45) is 2.14. The average Bonchev–Trinajstić information content (AvgIpc) is 3.14. The molecule has 1 spiro atoms. The van der Waals surface area contributed by atoms with Crippen molar-refractivity contribution in [2.75, 3.05) is 29.9 Å². The standard InChI is InChI=1S/C31H37N3O/c1-23-10-15-28-27(20-23)31(22-34(28)29(35)32-26-8-6-5-7-9-26)16-18-33(19-17-31)21-24-11-13-25(14-12-24)30(2,3)4/h5-15,20H,16-19,21-22H2,1-4H3,(H,32,35). The molecule has 2 aliphatic rings. The van der Waals surface area contributed by atoms with Gasteiger partial charge in [0, 0.05) is 29.9 Å². The molecule has 35 heavy (non-hydrogen) atoms. The molecule has 182 valence electrons. The van der Waals surface area contributed by atoms with Gasteiger partial charge in [-0.3, -0.25) is 9.80 Å². The molecule has 2 heterocycles. The smallest absolute Gasteiger partial charge is 0.308 e. The zero-order valence-electron chi connectivity index (χ0n) is 21.5. The second-order valence-corrected chi connectivity index (χ2v) is 11.4. The lowest BCUT2D eigenvalue weighted by Crippen LogP contribution is -2.46. The first-order valence-corrected chi connectivity index (χ1v) is 12.8. The van der Waals surface area contributed by atoms with Crippen LogP contribution in [0.4, 0.5) is 16.2 Å². The Labute approximate surface area is 210 Å². The number of nitrogens with one attached hydrogen (secondary N) is 1. The lowest BCUT2D eigenvalue weighted by Gasteiger charge is -2.40. The summed E-state index contributed by atoms with van der Waals surface area (Å²) < 4.78 is 0. The van der Waals surface area contributed by atoms with Crippen LogP contribution in [0.15, 0.2) is 72.8 Å². The molecule has 0 unspecified atom stereocenters. The van der Waals surface area contributed by atoms with E-state index in [0.29, 0.717) is 0 Å². The third kappa shape index (κ3) is 4.85. The van der Waals surface area contributed by atoms with E-state index in [2.05, 4.69) is 80.4 Å². The van der Waals surface area contributed by atoms with E-state index in [4.69, 9.17) is 0 Å². The molecular weight excluding hydrogens is 430 g/mol. The third-order valence-electron chi connectivity index (χ3n) is 7.78. The summed E-state index contributed by atoms with van der Waals surface area (Å²) in [5.74, 6) is 0. The number of likely N-dealkylation sites (tertiary alicyclic amines) is 1. The first kappa shape index (κ1) is 23.6. The van der Waals surface area contributed by atoms with Crippen LogP contribution in [0.3, 0.4) is 0 Å². The van der Waals surface area contributed by atoms with Gasteiger partial charge in [0.1, 0.15) is 0 Å². The van der Waals surface area contributed by atoms with Gasteiger partial charge in [-0.1, -0.05) is 80.9 Å². The molecule has 5 rings (SSSR count). The van der Waals surface area contributed by atoms with Gasteiger partial charge < -0.3 is 5.32 Å². The van der Waals surface area contributed by atoms with Gasteiger partial charge in [0.05, 0.1) is 0 Å². The minimum atomic E-state index is -0.0421. The molecular formula is C31H37N3O. The second-order valence-electron chi connectivity index (χ2n) is 11.4. The first-order valence-electron chi connectivity index (χ1n) is 12.8. The number of hydrogen-bond donors (Lipinski definition) is 1. The van der Waals surface area contributed by atoms with Crippen molar-refractivity contribution in [3.05, 3.63) is 95.1 Å². The molecule has 1 N–H and O–H groups in total. The van der Waals surface area contributed by atoms with E-state index in [1.165, 1.54) is 22.3 Å². The molecule has 3 aromatic carbocycles. The van der Waals surface area contributed by atoms with E-state index in [1.807, 2.05) is 35.2 Å². The fourth-order valence-corrected chi connectivity index (χ4v) is 5.61. The predicted molar refractivity (Wildman–Crippen MR) is 145 cm³/mol. The molecule has 0 aliphatic carbocycles. The van der Waals surface area contributed by atoms with Crippen molar-refractivity contribution in [2.24, 2.45) is 0 Å². The topological polar surface area (TPSA) is 35.6 Å². The average molecular weight is 468 g/mol. The number of piperidine rings is 1. The van der Waals surface area contributed by atoms with Gasteiger partial charge in [-0.15, -0.1) is 0 Å². The Morgan fingerprint density at radius 2 is 1.63 bits per heavy atom. The Kier molecular flexibility index (Phi) is 6.18. The normalized spacial score (nSPS) is 17.4. The lowest BCUT2D eigenvalue weighted by molar-refractivity contribution is 0.160. The van der Waals surface area contributed by atoms with Gasteiger partial charge in [0.15, 0.2) is 0 Å². The Hall–Kier alpha value is -3.11. The SMILES string of the molecule is Cc1ccc2c(c1)C1(CCN(Cc3ccc(C(C)(C)C)cc3)CC1)CN2C(=O)Nc1ccccc1. The van der Waals surface area contributed by atoms with Crippen molar-refractivity contribution in [3.63, 3.8) is 0 Å². The van der Waals surface area contributed by atoms with E-state index in [9.17, 15) is 4.79 Å². The summed E-state index contributed by atoms with van der Waals surface area (Å²) >= 11 is 0. The highest BCUT2D eigenvalue weighted by Crippen LogP contribution is 2.47. The quantitative estimate of drug-likeness (QED) is 0.456. The summed E-state index contributed by atoms with van der Waals surface area (Å²) in [5.41, 5.74) is 7.47. The summed E-state index contributed by atoms with van der Waals surface area (Å²) in [4.78, 5) is 17.8. The summed E-state index contributed by atoms with van der Waals surface area (Å²) in [5, 5.41) is 3.09. The highest BCUT2D eigenvalue weighted by atomic mass is 16.2. The maximum Gasteiger partial charge on any atom is 0.326 e. The van der Waals surface area contributed by atoms with Gasteiger partial charge in [-0.2, -0.15) is 0 Å². The van der Waals surface area contributed by atoms with Crippen molar-refractivity contribution < 1.29 is 4.79 Å². The zero-order valence-corrected chi connectivity index (χ0v) is 21.5. The van der Waals surface area contributed by atoms with E-state index in [1.54, 1.807) is 0 Å². The van der Waals surface area contributed by atoms with Crippen molar-refractivity contribution in [1.82, 2.24) is 4.90 Å². The largest absolute Gasteiger partial charge is 0.326 e. The minimum absolute atomic E-state index is 0.0297. The number of amides is 2. The van der Waals surface area contributed by atoms with Crippen LogP contribution in [0.1, 0.15) is 55.9 Å². The van der Waals surface area contributed by atoms with Crippen LogP contribution in [0.2, 0.25) is 0 Å². The number of fused-ring (bicyclic) bond motifs is 2. The summed E-state index contributed by atoms with van der Waals surface area (Å²) in [6, 6.07) is 25.4. The van der Waals surface area contributed by atoms with Crippen molar-refractivity contribution in [2.45, 2.75) is 57.9 Å². The minimum Gasteiger partial charge on any atom is -0.308 e. The van der Waals surface area contributed by atoms with Gasteiger partial charge >= 0.3 is 6.03 Å². The number of hydrogen-bond acceptors (Lipinski definition) is 2. The number of urea groups is 1. The molecule has 2 aliphatic heterocycles. The Morgan fingerprint density at radius 1 is 0.943 bits per heavy atom. The van der Waals surface area contributed by atoms with Crippen LogP contribution in [0, 0.1) is 6.92 Å². The van der Waals surface area contributed by atoms with E-state index in [0.717, 1.165) is 50.4 Å². The summed E-state index contributed by atoms with van der Waals surface area (Å²) in [7, 11) is 0. The summed E-state index contributed by atoms with van der Waals surface area (Å²) in [6.45, 7) is 12.8. The molecule has 0 bridgehead atoms. The van der Waals surface area contributed by atoms with Crippen molar-refractivity contribution in [1.29, 1.82) is 0 Å². The van der Waals surface area contributed by atoms with E-state index in [-0.39, 0.29) is 16.9 Å². The molecule has 0 aromatic heterocycles. The highest BCUT2D eigenvalue weighted by Gasteiger charge is 2.46. The van der Waals surface area contributed by atoms with Gasteiger partial charge in [0.2, 0.25) is 0 Å². The Balaban J connectivity index is 1.30. The number of aryl methyl sites for hydroxylation is 1. The number of rotatable bonds is 3. The zero-order chi connectivity index (χ0) is 24.6. The van der Waals surface area contributed by atoms with Gasteiger partial charge in [-0.25, -0.2) is 4.79 Å². The number of para-hydroxylation sites is 1. The maximum atomic E-state index is 13.3. The number of nitrogens with zero attached hydrogens (tertiary/aromatic N) is 2. The number of benzene rings is 3. The van der Waals surface area contributed by atoms with Crippen LogP contribution < -0.4 is 10.2 Å². The molecule has 0 atom stereocenters. The highest BCUT2D eigenvalue weighted by molar-refractivity contribution is 6.03. The van der Waals surface area contributed by atoms with Crippen LogP contribution >= 0.6 is 0 Å². The van der Waals surface area contributed by atoms with Crippen LogP contribution in [-0.4, -0.2) is 30.6 Å². The lowest BCUT2D eigenvalue weighted by atomic mass is 9.74. The molecule has 1 fully saturated rings. The van der Waals surface area contributed by atoms with E-state index < -0.39 is 0 Å². The Bertz CT molecular complexity index is 1190. The third-order valence-corrected chi connectivity index (χ3v) is 7.78. The molecule has 3 aromatic rings. The fourth-order valence-electron chi connectivity index (χ4n) is 5.61. The monoisotopic (exact) mass is 467 g/mol. The number of carbonyl (C=O) groups is 1.